The molecule has 0 saturated carbocycles. The van der Waals surface area contributed by atoms with E-state index in [-0.39, 0.29) is 0 Å². The zero-order valence-corrected chi connectivity index (χ0v) is 20.4. The Morgan fingerprint density at radius 2 is 1.67 bits per heavy atom. The third-order valence-electron chi connectivity index (χ3n) is 5.13. The molecule has 0 aliphatic rings. The number of rotatable bonds is 9. The van der Waals surface area contributed by atoms with Gasteiger partial charge in [-0.1, -0.05) is 12.1 Å². The third kappa shape index (κ3) is 5.84. The van der Waals surface area contributed by atoms with Gasteiger partial charge in [0, 0.05) is 31.0 Å². The first-order valence-electron chi connectivity index (χ1n) is 10.4. The molecule has 0 fully saturated rings. The zero-order chi connectivity index (χ0) is 23.8. The highest BCUT2D eigenvalue weighted by atomic mass is 32.1. The standard InChI is InChI=1S/C25H29N3O4S/c1-17-8-10-20(22(13-17)30-3)27-25(33)28(15-18-7-6-12-26-14-18)16-19-9-11-21(29-2)24(32-5)23(19)31-4/h6-14H,15-16H2,1-5H3,(H,27,33). The normalized spacial score (nSPS) is 10.3. The van der Waals surface area contributed by atoms with Crippen molar-refractivity contribution in [3.63, 3.8) is 0 Å². The first-order valence-corrected chi connectivity index (χ1v) is 10.8. The molecule has 0 bridgehead atoms. The van der Waals surface area contributed by atoms with E-state index in [0.717, 1.165) is 28.1 Å². The highest BCUT2D eigenvalue weighted by Crippen LogP contribution is 2.40. The molecule has 0 amide bonds. The molecule has 0 radical (unpaired) electrons. The summed E-state index contributed by atoms with van der Waals surface area (Å²) in [5.74, 6) is 2.46. The minimum Gasteiger partial charge on any atom is -0.495 e. The van der Waals surface area contributed by atoms with E-state index in [1.807, 2.05) is 60.5 Å². The van der Waals surface area contributed by atoms with Crippen LogP contribution in [0.15, 0.2) is 54.9 Å². The molecule has 174 valence electrons. The minimum atomic E-state index is 0.471. The van der Waals surface area contributed by atoms with E-state index in [1.165, 1.54) is 0 Å². The van der Waals surface area contributed by atoms with Crippen molar-refractivity contribution in [2.75, 3.05) is 33.8 Å². The Morgan fingerprint density at radius 3 is 2.30 bits per heavy atom. The molecule has 8 heteroatoms. The van der Waals surface area contributed by atoms with Crippen LogP contribution in [-0.4, -0.2) is 43.4 Å². The molecule has 0 spiro atoms. The fourth-order valence-electron chi connectivity index (χ4n) is 3.50. The maximum absolute atomic E-state index is 5.83. The molecule has 1 N–H and O–H groups in total. The van der Waals surface area contributed by atoms with Crippen molar-refractivity contribution in [2.45, 2.75) is 20.0 Å². The number of aromatic nitrogens is 1. The third-order valence-corrected chi connectivity index (χ3v) is 5.49. The smallest absolute Gasteiger partial charge is 0.203 e. The molecule has 0 aliphatic carbocycles. The number of methoxy groups -OCH3 is 4. The Bertz CT molecular complexity index is 1090. The van der Waals surface area contributed by atoms with Crippen LogP contribution in [0.1, 0.15) is 16.7 Å². The number of nitrogens with one attached hydrogen (secondary N) is 1. The van der Waals surface area contributed by atoms with Crippen LogP contribution < -0.4 is 24.3 Å². The highest BCUT2D eigenvalue weighted by Gasteiger charge is 2.20. The van der Waals surface area contributed by atoms with E-state index in [4.69, 9.17) is 31.2 Å². The maximum Gasteiger partial charge on any atom is 0.203 e. The van der Waals surface area contributed by atoms with Gasteiger partial charge in [0.15, 0.2) is 16.6 Å². The summed E-state index contributed by atoms with van der Waals surface area (Å²) in [4.78, 5) is 6.27. The molecule has 0 saturated heterocycles. The van der Waals surface area contributed by atoms with Crippen LogP contribution in [0.4, 0.5) is 5.69 Å². The van der Waals surface area contributed by atoms with Crippen molar-refractivity contribution in [1.82, 2.24) is 9.88 Å². The van der Waals surface area contributed by atoms with E-state index in [9.17, 15) is 0 Å². The minimum absolute atomic E-state index is 0.471. The molecule has 3 aromatic rings. The monoisotopic (exact) mass is 467 g/mol. The first kappa shape index (κ1) is 24.1. The van der Waals surface area contributed by atoms with Gasteiger partial charge in [0.25, 0.3) is 0 Å². The van der Waals surface area contributed by atoms with Crippen molar-refractivity contribution >= 4 is 23.0 Å². The Morgan fingerprint density at radius 1 is 0.909 bits per heavy atom. The highest BCUT2D eigenvalue weighted by molar-refractivity contribution is 7.80. The summed E-state index contributed by atoms with van der Waals surface area (Å²) in [6, 6.07) is 13.7. The average molecular weight is 468 g/mol. The average Bonchev–Trinajstić information content (AvgIpc) is 2.84. The van der Waals surface area contributed by atoms with Gasteiger partial charge in [-0.05, 0) is 60.6 Å². The summed E-state index contributed by atoms with van der Waals surface area (Å²) >= 11 is 5.83. The number of thiocarbonyl (C=S) groups is 1. The van der Waals surface area contributed by atoms with Gasteiger partial charge in [-0.25, -0.2) is 0 Å². The Hall–Kier alpha value is -3.52. The summed E-state index contributed by atoms with van der Waals surface area (Å²) in [7, 11) is 6.44. The van der Waals surface area contributed by atoms with E-state index in [1.54, 1.807) is 34.6 Å². The largest absolute Gasteiger partial charge is 0.495 e. The Balaban J connectivity index is 1.95. The molecule has 33 heavy (non-hydrogen) atoms. The SMILES string of the molecule is COc1cc(C)ccc1NC(=S)N(Cc1cccnc1)Cc1ccc(OC)c(OC)c1OC. The lowest BCUT2D eigenvalue weighted by Gasteiger charge is -2.28. The molecule has 7 nitrogen and oxygen atoms in total. The molecule has 2 aromatic carbocycles. The van der Waals surface area contributed by atoms with Gasteiger partial charge in [0.05, 0.1) is 34.1 Å². The van der Waals surface area contributed by atoms with Crippen LogP contribution in [0, 0.1) is 6.92 Å². The molecular weight excluding hydrogens is 438 g/mol. The first-order chi connectivity index (χ1) is 16.0. The molecule has 0 unspecified atom stereocenters. The van der Waals surface area contributed by atoms with Gasteiger partial charge in [-0.15, -0.1) is 0 Å². The lowest BCUT2D eigenvalue weighted by atomic mass is 10.1. The number of ether oxygens (including phenoxy) is 4. The number of hydrogen-bond donors (Lipinski definition) is 1. The van der Waals surface area contributed by atoms with E-state index in [0.29, 0.717) is 35.5 Å². The number of nitrogens with zero attached hydrogens (tertiary/aromatic N) is 2. The predicted molar refractivity (Wildman–Crippen MR) is 134 cm³/mol. The van der Waals surface area contributed by atoms with E-state index in [2.05, 4.69) is 10.3 Å². The molecule has 1 aromatic heterocycles. The second kappa shape index (κ2) is 11.4. The van der Waals surface area contributed by atoms with E-state index < -0.39 is 0 Å². The van der Waals surface area contributed by atoms with Crippen LogP contribution in [0.2, 0.25) is 0 Å². The Kier molecular flexibility index (Phi) is 8.32. The zero-order valence-electron chi connectivity index (χ0n) is 19.5. The predicted octanol–water partition coefficient (Wildman–Crippen LogP) is 4.82. The molecule has 1 heterocycles. The van der Waals surface area contributed by atoms with Gasteiger partial charge in [0.2, 0.25) is 5.75 Å². The molecule has 0 aliphatic heterocycles. The fourth-order valence-corrected chi connectivity index (χ4v) is 3.74. The second-order valence-corrected chi connectivity index (χ2v) is 7.73. The summed E-state index contributed by atoms with van der Waals surface area (Å²) in [6.07, 6.45) is 3.58. The Labute approximate surface area is 200 Å². The number of pyridine rings is 1. The number of aryl methyl sites for hydroxylation is 1. The van der Waals surface area contributed by atoms with Crippen molar-refractivity contribution in [3.05, 3.63) is 71.5 Å². The topological polar surface area (TPSA) is 65.1 Å². The maximum atomic E-state index is 5.83. The van der Waals surface area contributed by atoms with Crippen LogP contribution in [0.3, 0.4) is 0 Å². The summed E-state index contributed by atoms with van der Waals surface area (Å²) < 4.78 is 22.2. The van der Waals surface area contributed by atoms with Crippen molar-refractivity contribution in [1.29, 1.82) is 0 Å². The van der Waals surface area contributed by atoms with Gasteiger partial charge in [0.1, 0.15) is 5.75 Å². The second-order valence-electron chi connectivity index (χ2n) is 7.34. The number of anilines is 1. The lowest BCUT2D eigenvalue weighted by molar-refractivity contribution is 0.316. The summed E-state index contributed by atoms with van der Waals surface area (Å²) in [5, 5.41) is 3.87. The quantitative estimate of drug-likeness (QED) is 0.449. The molecular formula is C25H29N3O4S. The lowest BCUT2D eigenvalue weighted by Crippen LogP contribution is -2.34. The molecule has 3 rings (SSSR count). The van der Waals surface area contributed by atoms with Gasteiger partial charge >= 0.3 is 0 Å². The van der Waals surface area contributed by atoms with E-state index >= 15 is 0 Å². The fraction of sp³-hybridized carbons (Fsp3) is 0.280. The number of benzene rings is 2. The van der Waals surface area contributed by atoms with Crippen molar-refractivity contribution in [3.8, 4) is 23.0 Å². The van der Waals surface area contributed by atoms with Crippen LogP contribution in [-0.2, 0) is 13.1 Å². The van der Waals surface area contributed by atoms with Crippen LogP contribution in [0.25, 0.3) is 0 Å². The van der Waals surface area contributed by atoms with Gasteiger partial charge in [-0.3, -0.25) is 4.98 Å². The van der Waals surface area contributed by atoms with Crippen LogP contribution in [0.5, 0.6) is 23.0 Å². The van der Waals surface area contributed by atoms with Crippen molar-refractivity contribution in [2.24, 2.45) is 0 Å². The van der Waals surface area contributed by atoms with Gasteiger partial charge in [-0.2, -0.15) is 0 Å². The van der Waals surface area contributed by atoms with Crippen LogP contribution >= 0.6 is 12.2 Å². The number of hydrogen-bond acceptors (Lipinski definition) is 6. The molecule has 0 atom stereocenters. The van der Waals surface area contributed by atoms with Gasteiger partial charge < -0.3 is 29.2 Å². The van der Waals surface area contributed by atoms with Crippen molar-refractivity contribution < 1.29 is 18.9 Å². The summed E-state index contributed by atoms with van der Waals surface area (Å²) in [6.45, 7) is 3.03. The summed E-state index contributed by atoms with van der Waals surface area (Å²) in [5.41, 5.74) is 3.82.